The molecule has 0 rings (SSSR count). The molecule has 0 radical (unpaired) electrons. The number of hydrogen-bond acceptors (Lipinski definition) is 3. The quantitative estimate of drug-likeness (QED) is 0.571. The van der Waals surface area contributed by atoms with E-state index in [9.17, 15) is 9.59 Å². The number of nitrogens with one attached hydrogen (secondary N) is 2. The van der Waals surface area contributed by atoms with Crippen molar-refractivity contribution >= 4 is 11.8 Å². The second kappa shape index (κ2) is 5.70. The van der Waals surface area contributed by atoms with Gasteiger partial charge in [0.25, 0.3) is 0 Å². The summed E-state index contributed by atoms with van der Waals surface area (Å²) in [5.74, 6) is -0.454. The number of carbonyl (C=O) groups is 2. The van der Waals surface area contributed by atoms with E-state index < -0.39 is 11.4 Å². The Bertz CT molecular complexity index is 237. The Labute approximate surface area is 90.8 Å². The highest BCUT2D eigenvalue weighted by Crippen LogP contribution is 1.99. The largest absolute Gasteiger partial charge is 0.368 e. The van der Waals surface area contributed by atoms with Crippen molar-refractivity contribution < 1.29 is 9.59 Å². The molecule has 0 fully saturated rings. The molecule has 0 bridgehead atoms. The summed E-state index contributed by atoms with van der Waals surface area (Å²) in [6.07, 6.45) is 0.342. The Balaban J connectivity index is 3.80. The molecule has 0 spiro atoms. The van der Waals surface area contributed by atoms with Crippen LogP contribution in [0.5, 0.6) is 0 Å². The maximum Gasteiger partial charge on any atom is 0.237 e. The average molecular weight is 215 g/mol. The van der Waals surface area contributed by atoms with Crippen molar-refractivity contribution in [3.05, 3.63) is 0 Å². The Kier molecular flexibility index (Phi) is 5.28. The van der Waals surface area contributed by atoms with Crippen LogP contribution in [0.25, 0.3) is 0 Å². The van der Waals surface area contributed by atoms with Gasteiger partial charge in [-0.05, 0) is 27.7 Å². The first-order valence-electron chi connectivity index (χ1n) is 5.10. The molecule has 0 aromatic carbocycles. The SMILES string of the molecule is CC(C)NC(=O)CCNC(C)(C)C(N)=O. The lowest BCUT2D eigenvalue weighted by molar-refractivity contribution is -0.124. The summed E-state index contributed by atoms with van der Waals surface area (Å²) < 4.78 is 0. The maximum absolute atomic E-state index is 11.2. The fourth-order valence-corrected chi connectivity index (χ4v) is 0.970. The fraction of sp³-hybridized carbons (Fsp3) is 0.800. The smallest absolute Gasteiger partial charge is 0.237 e. The van der Waals surface area contributed by atoms with Gasteiger partial charge < -0.3 is 16.4 Å². The Morgan fingerprint density at radius 2 is 1.87 bits per heavy atom. The van der Waals surface area contributed by atoms with E-state index in [1.165, 1.54) is 0 Å². The average Bonchev–Trinajstić information content (AvgIpc) is 2.01. The number of primary amides is 1. The van der Waals surface area contributed by atoms with E-state index >= 15 is 0 Å². The summed E-state index contributed by atoms with van der Waals surface area (Å²) in [5, 5.41) is 5.69. The van der Waals surface area contributed by atoms with Gasteiger partial charge in [0.05, 0.1) is 5.54 Å². The minimum Gasteiger partial charge on any atom is -0.368 e. The van der Waals surface area contributed by atoms with Crippen LogP contribution in [-0.2, 0) is 9.59 Å². The topological polar surface area (TPSA) is 84.2 Å². The predicted octanol–water partition coefficient (Wildman–Crippen LogP) is -0.245. The van der Waals surface area contributed by atoms with Gasteiger partial charge in [0.1, 0.15) is 0 Å². The minimum atomic E-state index is -0.766. The van der Waals surface area contributed by atoms with Crippen LogP contribution in [0.15, 0.2) is 0 Å². The van der Waals surface area contributed by atoms with Gasteiger partial charge in [-0.2, -0.15) is 0 Å². The summed E-state index contributed by atoms with van der Waals surface area (Å²) in [5.41, 5.74) is 4.40. The molecule has 0 saturated heterocycles. The second-order valence-electron chi connectivity index (χ2n) is 4.39. The molecule has 5 nitrogen and oxygen atoms in total. The normalized spacial score (nSPS) is 11.5. The van der Waals surface area contributed by atoms with Crippen molar-refractivity contribution in [1.29, 1.82) is 0 Å². The lowest BCUT2D eigenvalue weighted by Crippen LogP contribution is -2.51. The fourth-order valence-electron chi connectivity index (χ4n) is 0.970. The molecular weight excluding hydrogens is 194 g/mol. The third kappa shape index (κ3) is 6.06. The zero-order valence-corrected chi connectivity index (χ0v) is 9.89. The molecule has 15 heavy (non-hydrogen) atoms. The highest BCUT2D eigenvalue weighted by molar-refractivity contribution is 5.83. The number of amides is 2. The summed E-state index contributed by atoms with van der Waals surface area (Å²) >= 11 is 0. The van der Waals surface area contributed by atoms with Crippen molar-refractivity contribution in [1.82, 2.24) is 10.6 Å². The van der Waals surface area contributed by atoms with E-state index in [1.807, 2.05) is 13.8 Å². The van der Waals surface area contributed by atoms with Crippen LogP contribution in [0.4, 0.5) is 0 Å². The van der Waals surface area contributed by atoms with Crippen LogP contribution >= 0.6 is 0 Å². The van der Waals surface area contributed by atoms with E-state index in [0.29, 0.717) is 13.0 Å². The summed E-state index contributed by atoms with van der Waals surface area (Å²) in [7, 11) is 0. The monoisotopic (exact) mass is 215 g/mol. The van der Waals surface area contributed by atoms with Gasteiger partial charge in [-0.25, -0.2) is 0 Å². The molecule has 0 unspecified atom stereocenters. The van der Waals surface area contributed by atoms with Gasteiger partial charge in [-0.3, -0.25) is 9.59 Å². The van der Waals surface area contributed by atoms with E-state index in [-0.39, 0.29) is 11.9 Å². The Hall–Kier alpha value is -1.10. The minimum absolute atomic E-state index is 0.0298. The highest BCUT2D eigenvalue weighted by Gasteiger charge is 2.23. The zero-order chi connectivity index (χ0) is 12.1. The first-order valence-corrected chi connectivity index (χ1v) is 5.10. The molecule has 0 aliphatic heterocycles. The van der Waals surface area contributed by atoms with Crippen molar-refractivity contribution in [2.45, 2.75) is 45.7 Å². The van der Waals surface area contributed by atoms with E-state index in [4.69, 9.17) is 5.73 Å². The predicted molar refractivity (Wildman–Crippen MR) is 59.2 cm³/mol. The third-order valence-electron chi connectivity index (χ3n) is 1.98. The molecule has 0 saturated carbocycles. The lowest BCUT2D eigenvalue weighted by atomic mass is 10.1. The van der Waals surface area contributed by atoms with Gasteiger partial charge in [0.15, 0.2) is 0 Å². The molecule has 88 valence electrons. The van der Waals surface area contributed by atoms with Crippen molar-refractivity contribution in [3.63, 3.8) is 0 Å². The van der Waals surface area contributed by atoms with E-state index in [0.717, 1.165) is 0 Å². The van der Waals surface area contributed by atoms with Gasteiger partial charge in [0.2, 0.25) is 11.8 Å². The second-order valence-corrected chi connectivity index (χ2v) is 4.39. The molecular formula is C10H21N3O2. The van der Waals surface area contributed by atoms with Crippen molar-refractivity contribution in [2.24, 2.45) is 5.73 Å². The van der Waals surface area contributed by atoms with Crippen LogP contribution in [0.2, 0.25) is 0 Å². The molecule has 0 atom stereocenters. The number of nitrogens with two attached hydrogens (primary N) is 1. The van der Waals surface area contributed by atoms with Crippen molar-refractivity contribution in [2.75, 3.05) is 6.54 Å². The molecule has 0 heterocycles. The van der Waals surface area contributed by atoms with Gasteiger partial charge in [-0.15, -0.1) is 0 Å². The summed E-state index contributed by atoms with van der Waals surface area (Å²) in [6.45, 7) is 7.62. The van der Waals surface area contributed by atoms with Gasteiger partial charge >= 0.3 is 0 Å². The van der Waals surface area contributed by atoms with Crippen molar-refractivity contribution in [3.8, 4) is 0 Å². The first kappa shape index (κ1) is 13.9. The molecule has 0 aliphatic rings. The molecule has 0 aromatic rings. The molecule has 0 aliphatic carbocycles. The lowest BCUT2D eigenvalue weighted by Gasteiger charge is -2.22. The molecule has 0 aromatic heterocycles. The van der Waals surface area contributed by atoms with Crippen LogP contribution in [0.1, 0.15) is 34.1 Å². The van der Waals surface area contributed by atoms with Crippen LogP contribution in [-0.4, -0.2) is 29.9 Å². The number of rotatable bonds is 6. The Morgan fingerprint density at radius 1 is 1.33 bits per heavy atom. The molecule has 2 amide bonds. The van der Waals surface area contributed by atoms with Crippen LogP contribution in [0.3, 0.4) is 0 Å². The maximum atomic E-state index is 11.2. The molecule has 4 N–H and O–H groups in total. The zero-order valence-electron chi connectivity index (χ0n) is 9.89. The van der Waals surface area contributed by atoms with E-state index in [2.05, 4.69) is 10.6 Å². The summed E-state index contributed by atoms with van der Waals surface area (Å²) in [4.78, 5) is 22.2. The van der Waals surface area contributed by atoms with Crippen LogP contribution in [0, 0.1) is 0 Å². The third-order valence-corrected chi connectivity index (χ3v) is 1.98. The Morgan fingerprint density at radius 3 is 2.27 bits per heavy atom. The summed E-state index contributed by atoms with van der Waals surface area (Å²) in [6, 6.07) is 0.140. The van der Waals surface area contributed by atoms with Gasteiger partial charge in [0, 0.05) is 19.0 Å². The first-order chi connectivity index (χ1) is 6.75. The number of carbonyl (C=O) groups excluding carboxylic acids is 2. The molecule has 5 heteroatoms. The van der Waals surface area contributed by atoms with E-state index in [1.54, 1.807) is 13.8 Å². The number of hydrogen-bond donors (Lipinski definition) is 3. The van der Waals surface area contributed by atoms with Gasteiger partial charge in [-0.1, -0.05) is 0 Å². The highest BCUT2D eigenvalue weighted by atomic mass is 16.2. The standard InChI is InChI=1S/C10H21N3O2/c1-7(2)13-8(14)5-6-12-10(3,4)9(11)15/h7,12H,5-6H2,1-4H3,(H2,11,15)(H,13,14). The van der Waals surface area contributed by atoms with Crippen LogP contribution < -0.4 is 16.4 Å².